The SMILES string of the molecule is CC1CCCCN(C=O)CC1. The van der Waals surface area contributed by atoms with E-state index in [0.29, 0.717) is 0 Å². The first-order valence-corrected chi connectivity index (χ1v) is 4.52. The molecule has 1 atom stereocenters. The molecule has 0 radical (unpaired) electrons. The summed E-state index contributed by atoms with van der Waals surface area (Å²) in [7, 11) is 0. The fourth-order valence-corrected chi connectivity index (χ4v) is 1.56. The fourth-order valence-electron chi connectivity index (χ4n) is 1.56. The molecule has 1 unspecified atom stereocenters. The molecule has 2 heteroatoms. The third kappa shape index (κ3) is 2.91. The lowest BCUT2D eigenvalue weighted by Gasteiger charge is -2.23. The first-order valence-electron chi connectivity index (χ1n) is 4.52. The first-order chi connectivity index (χ1) is 5.33. The zero-order valence-electron chi connectivity index (χ0n) is 7.25. The normalized spacial score (nSPS) is 27.4. The number of amides is 1. The molecule has 1 aliphatic rings. The van der Waals surface area contributed by atoms with Crippen LogP contribution in [0.2, 0.25) is 0 Å². The van der Waals surface area contributed by atoms with Gasteiger partial charge in [-0.1, -0.05) is 19.8 Å². The molecule has 1 amide bonds. The van der Waals surface area contributed by atoms with Crippen molar-refractivity contribution < 1.29 is 4.79 Å². The first kappa shape index (κ1) is 8.57. The molecule has 0 spiro atoms. The Morgan fingerprint density at radius 1 is 1.27 bits per heavy atom. The van der Waals surface area contributed by atoms with Crippen LogP contribution in [0.15, 0.2) is 0 Å². The topological polar surface area (TPSA) is 20.3 Å². The highest BCUT2D eigenvalue weighted by Gasteiger charge is 2.09. The van der Waals surface area contributed by atoms with Gasteiger partial charge in [-0.25, -0.2) is 0 Å². The van der Waals surface area contributed by atoms with Gasteiger partial charge >= 0.3 is 0 Å². The minimum absolute atomic E-state index is 0.803. The summed E-state index contributed by atoms with van der Waals surface area (Å²) in [6.07, 6.45) is 5.97. The molecule has 2 nitrogen and oxygen atoms in total. The number of nitrogens with zero attached hydrogens (tertiary/aromatic N) is 1. The van der Waals surface area contributed by atoms with Crippen LogP contribution in [0.3, 0.4) is 0 Å². The van der Waals surface area contributed by atoms with Crippen LogP contribution >= 0.6 is 0 Å². The van der Waals surface area contributed by atoms with Gasteiger partial charge in [-0.05, 0) is 18.8 Å². The number of hydrogen-bond acceptors (Lipinski definition) is 1. The molecule has 1 saturated heterocycles. The molecule has 1 rings (SSSR count). The summed E-state index contributed by atoms with van der Waals surface area (Å²) in [5, 5.41) is 0. The number of likely N-dealkylation sites (tertiary alicyclic amines) is 1. The van der Waals surface area contributed by atoms with E-state index in [-0.39, 0.29) is 0 Å². The smallest absolute Gasteiger partial charge is 0.209 e. The minimum atomic E-state index is 0.803. The van der Waals surface area contributed by atoms with Crippen molar-refractivity contribution in [3.8, 4) is 0 Å². The van der Waals surface area contributed by atoms with Gasteiger partial charge in [0.25, 0.3) is 0 Å². The number of rotatable bonds is 1. The van der Waals surface area contributed by atoms with Crippen molar-refractivity contribution in [3.63, 3.8) is 0 Å². The molecule has 1 aliphatic heterocycles. The predicted molar refractivity (Wildman–Crippen MR) is 45.3 cm³/mol. The van der Waals surface area contributed by atoms with E-state index in [4.69, 9.17) is 0 Å². The molecule has 0 aromatic carbocycles. The van der Waals surface area contributed by atoms with Crippen LogP contribution in [0, 0.1) is 5.92 Å². The standard InChI is InChI=1S/C9H17NO/c1-9-4-2-3-6-10(8-11)7-5-9/h8-9H,2-7H2,1H3. The van der Waals surface area contributed by atoms with E-state index in [0.717, 1.165) is 25.4 Å². The van der Waals surface area contributed by atoms with Crippen LogP contribution in [0.4, 0.5) is 0 Å². The number of hydrogen-bond donors (Lipinski definition) is 0. The summed E-state index contributed by atoms with van der Waals surface area (Å²) in [6.45, 7) is 4.20. The average molecular weight is 155 g/mol. The molecular formula is C9H17NO. The number of carbonyl (C=O) groups is 1. The Bertz CT molecular complexity index is 125. The van der Waals surface area contributed by atoms with Crippen LogP contribution in [-0.2, 0) is 4.79 Å². The van der Waals surface area contributed by atoms with Gasteiger partial charge in [-0.2, -0.15) is 0 Å². The van der Waals surface area contributed by atoms with E-state index in [9.17, 15) is 4.79 Å². The zero-order valence-corrected chi connectivity index (χ0v) is 7.25. The quantitative estimate of drug-likeness (QED) is 0.527. The summed E-state index contributed by atoms with van der Waals surface area (Å²) < 4.78 is 0. The molecule has 64 valence electrons. The van der Waals surface area contributed by atoms with Crippen LogP contribution < -0.4 is 0 Å². The lowest BCUT2D eigenvalue weighted by Crippen LogP contribution is -2.27. The zero-order chi connectivity index (χ0) is 8.10. The molecule has 0 aromatic heterocycles. The molecule has 0 N–H and O–H groups in total. The van der Waals surface area contributed by atoms with Gasteiger partial charge in [0.05, 0.1) is 0 Å². The highest BCUT2D eigenvalue weighted by Crippen LogP contribution is 2.15. The van der Waals surface area contributed by atoms with Gasteiger partial charge in [0.2, 0.25) is 6.41 Å². The maximum atomic E-state index is 10.5. The summed E-state index contributed by atoms with van der Waals surface area (Å²) in [5.74, 6) is 0.803. The van der Waals surface area contributed by atoms with Crippen molar-refractivity contribution in [3.05, 3.63) is 0 Å². The van der Waals surface area contributed by atoms with E-state index < -0.39 is 0 Å². The van der Waals surface area contributed by atoms with Gasteiger partial charge in [0.15, 0.2) is 0 Å². The molecule has 0 aliphatic carbocycles. The Morgan fingerprint density at radius 2 is 2.09 bits per heavy atom. The maximum Gasteiger partial charge on any atom is 0.209 e. The van der Waals surface area contributed by atoms with Gasteiger partial charge in [0, 0.05) is 13.1 Å². The van der Waals surface area contributed by atoms with Crippen molar-refractivity contribution in [1.29, 1.82) is 0 Å². The summed E-state index contributed by atoms with van der Waals surface area (Å²) in [4.78, 5) is 12.4. The predicted octanol–water partition coefficient (Wildman–Crippen LogP) is 1.65. The Kier molecular flexibility index (Phi) is 3.40. The Hall–Kier alpha value is -0.530. The summed E-state index contributed by atoms with van der Waals surface area (Å²) in [5.41, 5.74) is 0. The van der Waals surface area contributed by atoms with Crippen LogP contribution in [-0.4, -0.2) is 24.4 Å². The van der Waals surface area contributed by atoms with Crippen molar-refractivity contribution in [2.75, 3.05) is 13.1 Å². The van der Waals surface area contributed by atoms with E-state index in [1.165, 1.54) is 25.7 Å². The Morgan fingerprint density at radius 3 is 2.82 bits per heavy atom. The van der Waals surface area contributed by atoms with Crippen LogP contribution in [0.1, 0.15) is 32.6 Å². The molecule has 0 saturated carbocycles. The molecule has 11 heavy (non-hydrogen) atoms. The highest BCUT2D eigenvalue weighted by atomic mass is 16.1. The molecule has 0 bridgehead atoms. The van der Waals surface area contributed by atoms with Crippen molar-refractivity contribution >= 4 is 6.41 Å². The van der Waals surface area contributed by atoms with Gasteiger partial charge in [-0.3, -0.25) is 4.79 Å². The van der Waals surface area contributed by atoms with E-state index in [1.54, 1.807) is 0 Å². The van der Waals surface area contributed by atoms with Crippen LogP contribution in [0.5, 0.6) is 0 Å². The number of carbonyl (C=O) groups excluding carboxylic acids is 1. The largest absolute Gasteiger partial charge is 0.345 e. The van der Waals surface area contributed by atoms with Gasteiger partial charge in [0.1, 0.15) is 0 Å². The minimum Gasteiger partial charge on any atom is -0.345 e. The Balaban J connectivity index is 2.31. The molecule has 1 fully saturated rings. The summed E-state index contributed by atoms with van der Waals surface area (Å²) >= 11 is 0. The van der Waals surface area contributed by atoms with E-state index in [2.05, 4.69) is 6.92 Å². The molecule has 1 heterocycles. The van der Waals surface area contributed by atoms with Gasteiger partial charge in [-0.15, -0.1) is 0 Å². The molecule has 0 aromatic rings. The molecular weight excluding hydrogens is 138 g/mol. The van der Waals surface area contributed by atoms with Crippen molar-refractivity contribution in [2.24, 2.45) is 5.92 Å². The second-order valence-electron chi connectivity index (χ2n) is 3.53. The van der Waals surface area contributed by atoms with Crippen molar-refractivity contribution in [2.45, 2.75) is 32.6 Å². The maximum absolute atomic E-state index is 10.5. The van der Waals surface area contributed by atoms with E-state index in [1.807, 2.05) is 4.90 Å². The average Bonchev–Trinajstić information content (AvgIpc) is 1.98. The summed E-state index contributed by atoms with van der Waals surface area (Å²) in [6, 6.07) is 0. The fraction of sp³-hybridized carbons (Fsp3) is 0.889. The third-order valence-electron chi connectivity index (χ3n) is 2.45. The second kappa shape index (κ2) is 4.37. The van der Waals surface area contributed by atoms with Crippen molar-refractivity contribution in [1.82, 2.24) is 4.90 Å². The van der Waals surface area contributed by atoms with Gasteiger partial charge < -0.3 is 4.90 Å². The van der Waals surface area contributed by atoms with Crippen LogP contribution in [0.25, 0.3) is 0 Å². The second-order valence-corrected chi connectivity index (χ2v) is 3.53. The monoisotopic (exact) mass is 155 g/mol. The highest BCUT2D eigenvalue weighted by molar-refractivity contribution is 5.46. The Labute approximate surface area is 68.6 Å². The van der Waals surface area contributed by atoms with E-state index >= 15 is 0 Å². The third-order valence-corrected chi connectivity index (χ3v) is 2.45. The lowest BCUT2D eigenvalue weighted by atomic mass is 9.98. The lowest BCUT2D eigenvalue weighted by molar-refractivity contribution is -0.118.